The van der Waals surface area contributed by atoms with Gasteiger partial charge in [0.15, 0.2) is 0 Å². The van der Waals surface area contributed by atoms with Crippen LogP contribution in [0.25, 0.3) is 10.9 Å². The predicted octanol–water partition coefficient (Wildman–Crippen LogP) is 3.51. The van der Waals surface area contributed by atoms with Gasteiger partial charge in [0, 0.05) is 23.2 Å². The number of aliphatic hydroxyl groups is 1. The predicted molar refractivity (Wildman–Crippen MR) is 108 cm³/mol. The molecule has 0 aliphatic heterocycles. The molecule has 27 heavy (non-hydrogen) atoms. The Morgan fingerprint density at radius 1 is 1.30 bits per heavy atom. The summed E-state index contributed by atoms with van der Waals surface area (Å²) >= 11 is 0. The number of fused-ring (bicyclic) bond motifs is 1. The fraction of sp³-hybridized carbons (Fsp3) is 0.571. The monoisotopic (exact) mass is 370 g/mol. The third-order valence-corrected chi connectivity index (χ3v) is 5.63. The van der Waals surface area contributed by atoms with Gasteiger partial charge in [0.25, 0.3) is 5.91 Å². The van der Waals surface area contributed by atoms with Gasteiger partial charge in [-0.2, -0.15) is 0 Å². The SMILES string of the molecule is CCC(C)C(CO)NC(=O)c1ccc2cnc(NC3CCCCC3)nc2c1. The molecule has 1 aromatic carbocycles. The molecule has 3 rings (SSSR count). The first-order valence-corrected chi connectivity index (χ1v) is 10.1. The van der Waals surface area contributed by atoms with Crippen LogP contribution in [0.4, 0.5) is 5.95 Å². The van der Waals surface area contributed by atoms with Gasteiger partial charge in [0.05, 0.1) is 18.2 Å². The molecule has 1 aromatic heterocycles. The van der Waals surface area contributed by atoms with Crippen LogP contribution in [0.5, 0.6) is 0 Å². The fourth-order valence-electron chi connectivity index (χ4n) is 3.57. The first-order chi connectivity index (χ1) is 13.1. The lowest BCUT2D eigenvalue weighted by Crippen LogP contribution is -2.41. The molecule has 0 radical (unpaired) electrons. The van der Waals surface area contributed by atoms with Crippen molar-refractivity contribution in [3.8, 4) is 0 Å². The van der Waals surface area contributed by atoms with E-state index in [-0.39, 0.29) is 24.5 Å². The highest BCUT2D eigenvalue weighted by atomic mass is 16.3. The smallest absolute Gasteiger partial charge is 0.251 e. The van der Waals surface area contributed by atoms with E-state index in [1.165, 1.54) is 19.3 Å². The van der Waals surface area contributed by atoms with Crippen molar-refractivity contribution in [2.75, 3.05) is 11.9 Å². The van der Waals surface area contributed by atoms with E-state index in [2.05, 4.69) is 20.6 Å². The summed E-state index contributed by atoms with van der Waals surface area (Å²) < 4.78 is 0. The number of rotatable bonds is 7. The van der Waals surface area contributed by atoms with Gasteiger partial charge in [-0.1, -0.05) is 45.6 Å². The molecule has 6 heteroatoms. The van der Waals surface area contributed by atoms with Crippen LogP contribution in [-0.2, 0) is 0 Å². The Balaban J connectivity index is 1.75. The molecule has 2 aromatic rings. The van der Waals surface area contributed by atoms with E-state index < -0.39 is 0 Å². The van der Waals surface area contributed by atoms with Crippen molar-refractivity contribution in [2.45, 2.75) is 64.5 Å². The Morgan fingerprint density at radius 3 is 2.78 bits per heavy atom. The van der Waals surface area contributed by atoms with Gasteiger partial charge in [0.1, 0.15) is 0 Å². The van der Waals surface area contributed by atoms with Gasteiger partial charge < -0.3 is 15.7 Å². The summed E-state index contributed by atoms with van der Waals surface area (Å²) in [5.74, 6) is 0.657. The van der Waals surface area contributed by atoms with Crippen molar-refractivity contribution in [1.82, 2.24) is 15.3 Å². The number of nitrogens with zero attached hydrogens (tertiary/aromatic N) is 2. The minimum atomic E-state index is -0.243. The maximum Gasteiger partial charge on any atom is 0.251 e. The second kappa shape index (κ2) is 9.13. The first-order valence-electron chi connectivity index (χ1n) is 10.1. The van der Waals surface area contributed by atoms with Gasteiger partial charge in [-0.25, -0.2) is 9.97 Å². The molecule has 0 saturated heterocycles. The van der Waals surface area contributed by atoms with Crippen LogP contribution in [0, 0.1) is 5.92 Å². The number of carbonyl (C=O) groups excluding carboxylic acids is 1. The molecular weight excluding hydrogens is 340 g/mol. The van der Waals surface area contributed by atoms with E-state index in [1.54, 1.807) is 18.3 Å². The average molecular weight is 370 g/mol. The molecule has 2 unspecified atom stereocenters. The van der Waals surface area contributed by atoms with E-state index in [9.17, 15) is 9.90 Å². The number of benzene rings is 1. The Morgan fingerprint density at radius 2 is 2.07 bits per heavy atom. The van der Waals surface area contributed by atoms with E-state index in [0.29, 0.717) is 17.6 Å². The lowest BCUT2D eigenvalue weighted by Gasteiger charge is -2.23. The summed E-state index contributed by atoms with van der Waals surface area (Å²) in [5.41, 5.74) is 1.30. The summed E-state index contributed by atoms with van der Waals surface area (Å²) in [6.45, 7) is 4.01. The molecule has 0 bridgehead atoms. The summed E-state index contributed by atoms with van der Waals surface area (Å²) in [6, 6.07) is 5.63. The van der Waals surface area contributed by atoms with Crippen molar-refractivity contribution >= 4 is 22.8 Å². The second-order valence-electron chi connectivity index (χ2n) is 7.59. The maximum atomic E-state index is 12.6. The van der Waals surface area contributed by atoms with Gasteiger partial charge in [-0.3, -0.25) is 4.79 Å². The van der Waals surface area contributed by atoms with Crippen LogP contribution < -0.4 is 10.6 Å². The minimum Gasteiger partial charge on any atom is -0.394 e. The molecule has 1 heterocycles. The number of amides is 1. The van der Waals surface area contributed by atoms with E-state index in [4.69, 9.17) is 0 Å². The number of hydrogen-bond donors (Lipinski definition) is 3. The third-order valence-electron chi connectivity index (χ3n) is 5.63. The number of anilines is 1. The molecule has 1 amide bonds. The lowest BCUT2D eigenvalue weighted by atomic mass is 9.96. The molecule has 2 atom stereocenters. The third kappa shape index (κ3) is 4.95. The number of aliphatic hydroxyl groups excluding tert-OH is 1. The Kier molecular flexibility index (Phi) is 6.61. The van der Waals surface area contributed by atoms with Gasteiger partial charge in [-0.15, -0.1) is 0 Å². The van der Waals surface area contributed by atoms with E-state index in [1.807, 2.05) is 19.9 Å². The summed E-state index contributed by atoms with van der Waals surface area (Å²) in [7, 11) is 0. The highest BCUT2D eigenvalue weighted by Gasteiger charge is 2.19. The van der Waals surface area contributed by atoms with Gasteiger partial charge in [0.2, 0.25) is 5.95 Å². The highest BCUT2D eigenvalue weighted by molar-refractivity contribution is 5.98. The number of hydrogen-bond acceptors (Lipinski definition) is 5. The van der Waals surface area contributed by atoms with Gasteiger partial charge >= 0.3 is 0 Å². The molecule has 6 nitrogen and oxygen atoms in total. The van der Waals surface area contributed by atoms with Crippen LogP contribution >= 0.6 is 0 Å². The standard InChI is InChI=1S/C21H30N4O2/c1-3-14(2)19(13-26)24-20(27)15-9-10-16-12-22-21(25-18(16)11-15)23-17-7-5-4-6-8-17/h9-12,14,17,19,26H,3-8,13H2,1-2H3,(H,24,27)(H,22,23,25). The van der Waals surface area contributed by atoms with Crippen LogP contribution in [0.3, 0.4) is 0 Å². The van der Waals surface area contributed by atoms with Gasteiger partial charge in [-0.05, 0) is 30.9 Å². The number of carbonyl (C=O) groups is 1. The van der Waals surface area contributed by atoms with Crippen molar-refractivity contribution in [3.05, 3.63) is 30.0 Å². The fourth-order valence-corrected chi connectivity index (χ4v) is 3.57. The van der Waals surface area contributed by atoms with Crippen molar-refractivity contribution < 1.29 is 9.90 Å². The largest absolute Gasteiger partial charge is 0.394 e. The summed E-state index contributed by atoms with van der Waals surface area (Å²) in [6.07, 6.45) is 8.80. The zero-order chi connectivity index (χ0) is 19.2. The molecular formula is C21H30N4O2. The molecule has 0 spiro atoms. The summed E-state index contributed by atoms with van der Waals surface area (Å²) in [5, 5.41) is 16.8. The Bertz CT molecular complexity index is 774. The second-order valence-corrected chi connectivity index (χ2v) is 7.59. The molecule has 1 aliphatic carbocycles. The quantitative estimate of drug-likeness (QED) is 0.694. The molecule has 3 N–H and O–H groups in total. The molecule has 1 saturated carbocycles. The van der Waals surface area contributed by atoms with Crippen LogP contribution in [0.15, 0.2) is 24.4 Å². The number of nitrogens with one attached hydrogen (secondary N) is 2. The average Bonchev–Trinajstić information content (AvgIpc) is 2.71. The molecule has 1 fully saturated rings. The normalized spacial score (nSPS) is 17.4. The van der Waals surface area contributed by atoms with Crippen molar-refractivity contribution in [3.63, 3.8) is 0 Å². The zero-order valence-electron chi connectivity index (χ0n) is 16.2. The van der Waals surface area contributed by atoms with Crippen LogP contribution in [0.1, 0.15) is 62.7 Å². The summed E-state index contributed by atoms with van der Waals surface area (Å²) in [4.78, 5) is 21.6. The van der Waals surface area contributed by atoms with E-state index in [0.717, 1.165) is 30.2 Å². The Labute approximate surface area is 160 Å². The van der Waals surface area contributed by atoms with Crippen molar-refractivity contribution in [2.24, 2.45) is 5.92 Å². The highest BCUT2D eigenvalue weighted by Crippen LogP contribution is 2.21. The molecule has 146 valence electrons. The zero-order valence-corrected chi connectivity index (χ0v) is 16.2. The lowest BCUT2D eigenvalue weighted by molar-refractivity contribution is 0.0891. The minimum absolute atomic E-state index is 0.0635. The molecule has 1 aliphatic rings. The number of aromatic nitrogens is 2. The maximum absolute atomic E-state index is 12.6. The van der Waals surface area contributed by atoms with Crippen LogP contribution in [-0.4, -0.2) is 39.7 Å². The Hall–Kier alpha value is -2.21. The van der Waals surface area contributed by atoms with Crippen molar-refractivity contribution in [1.29, 1.82) is 0 Å². The van der Waals surface area contributed by atoms with Crippen LogP contribution in [0.2, 0.25) is 0 Å². The van der Waals surface area contributed by atoms with E-state index >= 15 is 0 Å². The topological polar surface area (TPSA) is 87.1 Å². The first kappa shape index (κ1) is 19.5.